The quantitative estimate of drug-likeness (QED) is 0.556. The highest BCUT2D eigenvalue weighted by Crippen LogP contribution is 2.30. The second-order valence-corrected chi connectivity index (χ2v) is 9.43. The highest BCUT2D eigenvalue weighted by atomic mass is 35.5. The van der Waals surface area contributed by atoms with Crippen LogP contribution in [-0.4, -0.2) is 53.7 Å². The minimum Gasteiger partial charge on any atom is -0.481 e. The molecule has 4 rings (SSSR count). The Bertz CT molecular complexity index is 987. The molecule has 1 aliphatic heterocycles. The number of pyridine rings is 1. The summed E-state index contributed by atoms with van der Waals surface area (Å²) in [6.45, 7) is 4.11. The molecule has 32 heavy (non-hydrogen) atoms. The average molecular weight is 459 g/mol. The maximum atomic E-state index is 13.1. The normalized spacial score (nSPS) is 18.4. The van der Waals surface area contributed by atoms with Gasteiger partial charge in [0.15, 0.2) is 0 Å². The molecule has 1 aromatic heterocycles. The molecule has 1 saturated carbocycles. The lowest BCUT2D eigenvalue weighted by molar-refractivity contribution is -0.136. The van der Waals surface area contributed by atoms with Gasteiger partial charge in [0.1, 0.15) is 5.82 Å². The number of amides is 1. The largest absolute Gasteiger partial charge is 0.481 e. The molecule has 172 valence electrons. The Labute approximate surface area is 193 Å². The van der Waals surface area contributed by atoms with Crippen LogP contribution in [0.3, 0.4) is 0 Å². The standard InChI is InChI=1S/C24H31ClN4O3/c1-15(16-5-3-2-4-6-16)27-24(32)23-18-7-10-21(28-20(18)9-8-19(23)25)29-13-17(14-29)26-12-11-22(30)31/h7-10,15-17,26H,2-6,11-14H2,1H3,(H,27,32)(H,30,31). The van der Waals surface area contributed by atoms with Crippen molar-refractivity contribution in [2.45, 2.75) is 57.5 Å². The first kappa shape index (κ1) is 22.8. The number of carbonyl (C=O) groups is 2. The first-order chi connectivity index (χ1) is 15.4. The first-order valence-corrected chi connectivity index (χ1v) is 11.9. The Morgan fingerprint density at radius 2 is 1.94 bits per heavy atom. The van der Waals surface area contributed by atoms with Crippen LogP contribution in [0, 0.1) is 5.92 Å². The van der Waals surface area contributed by atoms with Gasteiger partial charge in [-0.25, -0.2) is 4.98 Å². The number of nitrogens with one attached hydrogen (secondary N) is 2. The van der Waals surface area contributed by atoms with Crippen molar-refractivity contribution < 1.29 is 14.7 Å². The summed E-state index contributed by atoms with van der Waals surface area (Å²) in [4.78, 5) is 30.7. The SMILES string of the molecule is CC(NC(=O)c1c(Cl)ccc2nc(N3CC(NCCC(=O)O)C3)ccc12)C1CCCCC1. The molecule has 1 unspecified atom stereocenters. The Kier molecular flexibility index (Phi) is 7.16. The van der Waals surface area contributed by atoms with Crippen LogP contribution in [0.4, 0.5) is 5.82 Å². The van der Waals surface area contributed by atoms with Gasteiger partial charge in [-0.3, -0.25) is 9.59 Å². The van der Waals surface area contributed by atoms with Crippen molar-refractivity contribution in [1.29, 1.82) is 0 Å². The molecule has 0 radical (unpaired) electrons. The van der Waals surface area contributed by atoms with Crippen LogP contribution in [0.25, 0.3) is 10.9 Å². The summed E-state index contributed by atoms with van der Waals surface area (Å²) in [5, 5.41) is 16.4. The lowest BCUT2D eigenvalue weighted by atomic mass is 9.84. The van der Waals surface area contributed by atoms with Gasteiger partial charge in [-0.2, -0.15) is 0 Å². The number of aromatic nitrogens is 1. The van der Waals surface area contributed by atoms with E-state index in [-0.39, 0.29) is 24.4 Å². The molecule has 1 atom stereocenters. The number of rotatable bonds is 8. The van der Waals surface area contributed by atoms with Crippen molar-refractivity contribution >= 4 is 40.2 Å². The zero-order valence-corrected chi connectivity index (χ0v) is 19.2. The van der Waals surface area contributed by atoms with E-state index in [2.05, 4.69) is 22.5 Å². The predicted molar refractivity (Wildman–Crippen MR) is 127 cm³/mol. The van der Waals surface area contributed by atoms with Crippen LogP contribution in [-0.2, 0) is 4.79 Å². The molecule has 2 aromatic rings. The fourth-order valence-corrected chi connectivity index (χ4v) is 5.03. The fourth-order valence-electron chi connectivity index (χ4n) is 4.78. The van der Waals surface area contributed by atoms with Crippen LogP contribution in [0.2, 0.25) is 5.02 Å². The van der Waals surface area contributed by atoms with E-state index in [1.165, 1.54) is 19.3 Å². The number of halogens is 1. The second-order valence-electron chi connectivity index (χ2n) is 9.02. The summed E-state index contributed by atoms with van der Waals surface area (Å²) in [6.07, 6.45) is 6.21. The minimum absolute atomic E-state index is 0.119. The Morgan fingerprint density at radius 3 is 2.66 bits per heavy atom. The van der Waals surface area contributed by atoms with Crippen molar-refractivity contribution in [3.8, 4) is 0 Å². The van der Waals surface area contributed by atoms with Gasteiger partial charge < -0.3 is 20.6 Å². The third kappa shape index (κ3) is 5.15. The van der Waals surface area contributed by atoms with Crippen molar-refractivity contribution in [1.82, 2.24) is 15.6 Å². The highest BCUT2D eigenvalue weighted by Gasteiger charge is 2.28. The van der Waals surface area contributed by atoms with Crippen molar-refractivity contribution in [2.75, 3.05) is 24.5 Å². The van der Waals surface area contributed by atoms with Gasteiger partial charge in [0.25, 0.3) is 5.91 Å². The molecule has 0 bridgehead atoms. The van der Waals surface area contributed by atoms with Crippen LogP contribution in [0.5, 0.6) is 0 Å². The lowest BCUT2D eigenvalue weighted by Crippen LogP contribution is -2.58. The summed E-state index contributed by atoms with van der Waals surface area (Å²) < 4.78 is 0. The highest BCUT2D eigenvalue weighted by molar-refractivity contribution is 6.35. The van der Waals surface area contributed by atoms with E-state index in [0.29, 0.717) is 23.0 Å². The topological polar surface area (TPSA) is 94.6 Å². The number of carbonyl (C=O) groups excluding carboxylic acids is 1. The van der Waals surface area contributed by atoms with Gasteiger partial charge in [-0.05, 0) is 49.9 Å². The summed E-state index contributed by atoms with van der Waals surface area (Å²) in [6, 6.07) is 7.83. The second kappa shape index (κ2) is 10.0. The maximum absolute atomic E-state index is 13.1. The van der Waals surface area contributed by atoms with Crippen molar-refractivity contribution in [2.24, 2.45) is 5.92 Å². The molecule has 2 fully saturated rings. The molecule has 1 aliphatic carbocycles. The van der Waals surface area contributed by atoms with E-state index in [1.807, 2.05) is 18.2 Å². The van der Waals surface area contributed by atoms with E-state index in [9.17, 15) is 9.59 Å². The summed E-state index contributed by atoms with van der Waals surface area (Å²) in [5.74, 6) is 0.434. The Balaban J connectivity index is 1.43. The third-order valence-corrected chi connectivity index (χ3v) is 7.04. The van der Waals surface area contributed by atoms with Crippen LogP contribution in [0.1, 0.15) is 55.8 Å². The number of benzene rings is 1. The Hall–Kier alpha value is -2.38. The predicted octanol–water partition coefficient (Wildman–Crippen LogP) is 3.84. The number of hydrogen-bond acceptors (Lipinski definition) is 5. The number of anilines is 1. The van der Waals surface area contributed by atoms with Gasteiger partial charge in [-0.15, -0.1) is 0 Å². The van der Waals surface area contributed by atoms with Gasteiger partial charge in [-0.1, -0.05) is 30.9 Å². The molecule has 3 N–H and O–H groups in total. The molecule has 1 aromatic carbocycles. The van der Waals surface area contributed by atoms with E-state index >= 15 is 0 Å². The maximum Gasteiger partial charge on any atom is 0.304 e. The molecule has 1 amide bonds. The average Bonchev–Trinajstić information content (AvgIpc) is 2.75. The number of nitrogens with zero attached hydrogens (tertiary/aromatic N) is 2. The zero-order valence-electron chi connectivity index (χ0n) is 18.4. The van der Waals surface area contributed by atoms with Crippen molar-refractivity contribution in [3.05, 3.63) is 34.9 Å². The summed E-state index contributed by atoms with van der Waals surface area (Å²) in [5.41, 5.74) is 1.23. The number of aliphatic carboxylic acids is 1. The number of fused-ring (bicyclic) bond motifs is 1. The van der Waals surface area contributed by atoms with E-state index < -0.39 is 5.97 Å². The summed E-state index contributed by atoms with van der Waals surface area (Å²) in [7, 11) is 0. The molecule has 0 spiro atoms. The number of carboxylic acid groups (broad SMARTS) is 1. The Morgan fingerprint density at radius 1 is 1.19 bits per heavy atom. The smallest absolute Gasteiger partial charge is 0.304 e. The monoisotopic (exact) mass is 458 g/mol. The molecule has 2 heterocycles. The molecule has 1 saturated heterocycles. The molecular formula is C24H31ClN4O3. The van der Waals surface area contributed by atoms with E-state index in [0.717, 1.165) is 42.7 Å². The van der Waals surface area contributed by atoms with Gasteiger partial charge in [0.05, 0.1) is 22.5 Å². The zero-order chi connectivity index (χ0) is 22.7. The van der Waals surface area contributed by atoms with Crippen LogP contribution >= 0.6 is 11.6 Å². The van der Waals surface area contributed by atoms with Crippen LogP contribution in [0.15, 0.2) is 24.3 Å². The van der Waals surface area contributed by atoms with E-state index in [4.69, 9.17) is 21.7 Å². The molecule has 8 heteroatoms. The van der Waals surface area contributed by atoms with Gasteiger partial charge >= 0.3 is 5.97 Å². The molecule has 7 nitrogen and oxygen atoms in total. The lowest BCUT2D eigenvalue weighted by Gasteiger charge is -2.40. The van der Waals surface area contributed by atoms with E-state index in [1.54, 1.807) is 6.07 Å². The number of hydrogen-bond donors (Lipinski definition) is 3. The minimum atomic E-state index is -0.795. The fraction of sp³-hybridized carbons (Fsp3) is 0.542. The van der Waals surface area contributed by atoms with Crippen molar-refractivity contribution in [3.63, 3.8) is 0 Å². The number of carboxylic acids is 1. The molecule has 2 aliphatic rings. The van der Waals surface area contributed by atoms with Gasteiger partial charge in [0, 0.05) is 37.1 Å². The first-order valence-electron chi connectivity index (χ1n) is 11.5. The van der Waals surface area contributed by atoms with Crippen LogP contribution < -0.4 is 15.5 Å². The summed E-state index contributed by atoms with van der Waals surface area (Å²) >= 11 is 6.45. The third-order valence-electron chi connectivity index (χ3n) is 6.73. The van der Waals surface area contributed by atoms with Gasteiger partial charge in [0.2, 0.25) is 0 Å². The molecular weight excluding hydrogens is 428 g/mol.